The van der Waals surface area contributed by atoms with Gasteiger partial charge >= 0.3 is 5.97 Å². The van der Waals surface area contributed by atoms with Gasteiger partial charge in [0.2, 0.25) is 5.91 Å². The molecule has 4 unspecified atom stereocenters. The second kappa shape index (κ2) is 5.42. The Hall–Kier alpha value is -1.40. The molecule has 0 saturated heterocycles. The second-order valence-corrected chi connectivity index (χ2v) is 6.92. The van der Waals surface area contributed by atoms with Crippen LogP contribution < -0.4 is 11.1 Å². The summed E-state index contributed by atoms with van der Waals surface area (Å²) in [6.07, 6.45) is 3.29. The van der Waals surface area contributed by atoms with Crippen LogP contribution in [0.15, 0.2) is 5.38 Å². The number of rotatable bonds is 3. The summed E-state index contributed by atoms with van der Waals surface area (Å²) in [5.74, 6) is 0.274. The van der Waals surface area contributed by atoms with Crippen molar-refractivity contribution < 1.29 is 14.3 Å². The van der Waals surface area contributed by atoms with Crippen LogP contribution in [-0.2, 0) is 9.53 Å². The van der Waals surface area contributed by atoms with Crippen LogP contribution in [0.4, 0.5) is 5.69 Å². The minimum absolute atomic E-state index is 0.0516. The Kier molecular flexibility index (Phi) is 3.75. The molecule has 1 heterocycles. The molecule has 2 aliphatic rings. The average molecular weight is 308 g/mol. The molecule has 2 saturated carbocycles. The Labute approximate surface area is 127 Å². The highest BCUT2D eigenvalue weighted by Crippen LogP contribution is 2.48. The van der Waals surface area contributed by atoms with Crippen LogP contribution in [0.25, 0.3) is 0 Å². The maximum absolute atomic E-state index is 12.6. The monoisotopic (exact) mass is 308 g/mol. The minimum atomic E-state index is -0.416. The van der Waals surface area contributed by atoms with Crippen molar-refractivity contribution >= 4 is 28.9 Å². The van der Waals surface area contributed by atoms with Crippen LogP contribution in [0.1, 0.15) is 34.5 Å². The molecule has 5 nitrogen and oxygen atoms in total. The van der Waals surface area contributed by atoms with Crippen molar-refractivity contribution in [2.24, 2.45) is 23.5 Å². The van der Waals surface area contributed by atoms with Crippen molar-refractivity contribution in [1.82, 2.24) is 0 Å². The van der Waals surface area contributed by atoms with E-state index in [1.807, 2.05) is 12.3 Å². The molecule has 2 bridgehead atoms. The summed E-state index contributed by atoms with van der Waals surface area (Å²) in [5.41, 5.74) is 7.66. The lowest BCUT2D eigenvalue weighted by Crippen LogP contribution is -2.42. The van der Waals surface area contributed by atoms with E-state index in [0.29, 0.717) is 22.4 Å². The van der Waals surface area contributed by atoms with E-state index in [-0.39, 0.29) is 17.9 Å². The average Bonchev–Trinajstić information content (AvgIpc) is 3.14. The van der Waals surface area contributed by atoms with Crippen molar-refractivity contribution in [2.75, 3.05) is 12.4 Å². The van der Waals surface area contributed by atoms with Crippen molar-refractivity contribution in [3.05, 3.63) is 15.8 Å². The zero-order valence-corrected chi connectivity index (χ0v) is 13.0. The van der Waals surface area contributed by atoms with E-state index in [1.54, 1.807) is 0 Å². The van der Waals surface area contributed by atoms with Crippen molar-refractivity contribution in [3.8, 4) is 0 Å². The maximum atomic E-state index is 12.6. The number of thiophene rings is 1. The predicted octanol–water partition coefficient (Wildman–Crippen LogP) is 2.16. The summed E-state index contributed by atoms with van der Waals surface area (Å²) in [4.78, 5) is 24.8. The number of carbonyl (C=O) groups excluding carboxylic acids is 2. The van der Waals surface area contributed by atoms with Crippen LogP contribution in [0, 0.1) is 24.7 Å². The van der Waals surface area contributed by atoms with Gasteiger partial charge in [-0.25, -0.2) is 4.79 Å². The number of aryl methyl sites for hydroxylation is 1. The number of carbonyl (C=O) groups is 2. The fraction of sp³-hybridized carbons (Fsp3) is 0.600. The van der Waals surface area contributed by atoms with Crippen molar-refractivity contribution in [3.63, 3.8) is 0 Å². The summed E-state index contributed by atoms with van der Waals surface area (Å²) in [5, 5.41) is 4.77. The van der Waals surface area contributed by atoms with Gasteiger partial charge in [-0.05, 0) is 49.0 Å². The molecule has 0 aromatic carbocycles. The van der Waals surface area contributed by atoms with Gasteiger partial charge in [0.15, 0.2) is 0 Å². The third-order valence-corrected chi connectivity index (χ3v) is 5.96. The summed E-state index contributed by atoms with van der Waals surface area (Å²) in [6.45, 7) is 1.87. The number of ether oxygens (including phenoxy) is 1. The zero-order chi connectivity index (χ0) is 15.1. The predicted molar refractivity (Wildman–Crippen MR) is 81.3 cm³/mol. The number of methoxy groups -OCH3 is 1. The molecule has 3 N–H and O–H groups in total. The number of anilines is 1. The molecule has 1 aromatic heterocycles. The number of amides is 1. The Morgan fingerprint density at radius 2 is 2.10 bits per heavy atom. The SMILES string of the molecule is COC(=O)c1scc(C)c1NC(=O)C1C2CCC(C2)C1N. The lowest BCUT2D eigenvalue weighted by molar-refractivity contribution is -0.121. The summed E-state index contributed by atoms with van der Waals surface area (Å²) in [6, 6.07) is -0.0516. The van der Waals surface area contributed by atoms with Crippen LogP contribution >= 0.6 is 11.3 Å². The fourth-order valence-electron chi connectivity index (χ4n) is 3.77. The highest BCUT2D eigenvalue weighted by Gasteiger charge is 2.49. The Morgan fingerprint density at radius 3 is 2.71 bits per heavy atom. The third-order valence-electron chi connectivity index (χ3n) is 4.88. The number of hydrogen-bond acceptors (Lipinski definition) is 5. The van der Waals surface area contributed by atoms with E-state index in [9.17, 15) is 9.59 Å². The molecular formula is C15H20N2O3S. The molecular weight excluding hydrogens is 288 g/mol. The number of hydrogen-bond donors (Lipinski definition) is 2. The number of fused-ring (bicyclic) bond motifs is 2. The van der Waals surface area contributed by atoms with Gasteiger partial charge in [0, 0.05) is 6.04 Å². The molecule has 0 aliphatic heterocycles. The van der Waals surface area contributed by atoms with Crippen LogP contribution in [0.5, 0.6) is 0 Å². The lowest BCUT2D eigenvalue weighted by Gasteiger charge is -2.27. The van der Waals surface area contributed by atoms with Gasteiger partial charge < -0.3 is 15.8 Å². The minimum Gasteiger partial charge on any atom is -0.465 e. The molecule has 2 fully saturated rings. The summed E-state index contributed by atoms with van der Waals surface area (Å²) in [7, 11) is 1.34. The molecule has 0 spiro atoms. The first kappa shape index (κ1) is 14.5. The highest BCUT2D eigenvalue weighted by atomic mass is 32.1. The third kappa shape index (κ3) is 2.36. The van der Waals surface area contributed by atoms with Crippen LogP contribution in [-0.4, -0.2) is 25.0 Å². The largest absolute Gasteiger partial charge is 0.465 e. The van der Waals surface area contributed by atoms with Gasteiger partial charge in [-0.15, -0.1) is 11.3 Å². The second-order valence-electron chi connectivity index (χ2n) is 6.04. The van der Waals surface area contributed by atoms with E-state index in [2.05, 4.69) is 5.32 Å². The molecule has 6 heteroatoms. The zero-order valence-electron chi connectivity index (χ0n) is 12.2. The van der Waals surface area contributed by atoms with E-state index >= 15 is 0 Å². The normalized spacial score (nSPS) is 30.4. The van der Waals surface area contributed by atoms with E-state index < -0.39 is 5.97 Å². The van der Waals surface area contributed by atoms with Crippen LogP contribution in [0.3, 0.4) is 0 Å². The lowest BCUT2D eigenvalue weighted by atomic mass is 9.84. The van der Waals surface area contributed by atoms with Crippen molar-refractivity contribution in [2.45, 2.75) is 32.2 Å². The first-order valence-corrected chi connectivity index (χ1v) is 8.13. The van der Waals surface area contributed by atoms with E-state index in [1.165, 1.54) is 18.4 Å². The molecule has 21 heavy (non-hydrogen) atoms. The quantitative estimate of drug-likeness (QED) is 0.838. The molecule has 3 rings (SSSR count). The smallest absolute Gasteiger partial charge is 0.350 e. The fourth-order valence-corrected chi connectivity index (χ4v) is 4.70. The van der Waals surface area contributed by atoms with Gasteiger partial charge in [-0.2, -0.15) is 0 Å². The van der Waals surface area contributed by atoms with Crippen LogP contribution in [0.2, 0.25) is 0 Å². The van der Waals surface area contributed by atoms with Crippen molar-refractivity contribution in [1.29, 1.82) is 0 Å². The van der Waals surface area contributed by atoms with Gasteiger partial charge in [0.05, 0.1) is 18.7 Å². The van der Waals surface area contributed by atoms with Gasteiger partial charge in [0.25, 0.3) is 0 Å². The molecule has 0 radical (unpaired) electrons. The Balaban J connectivity index is 1.79. The molecule has 1 aromatic rings. The summed E-state index contributed by atoms with van der Waals surface area (Å²) >= 11 is 1.29. The molecule has 114 valence electrons. The van der Waals surface area contributed by atoms with Gasteiger partial charge in [0.1, 0.15) is 4.88 Å². The first-order valence-electron chi connectivity index (χ1n) is 7.25. The Bertz CT molecular complexity index is 581. The number of nitrogens with one attached hydrogen (secondary N) is 1. The highest BCUT2D eigenvalue weighted by molar-refractivity contribution is 7.12. The van der Waals surface area contributed by atoms with Gasteiger partial charge in [-0.1, -0.05) is 0 Å². The van der Waals surface area contributed by atoms with Gasteiger partial charge in [-0.3, -0.25) is 4.79 Å². The van der Waals surface area contributed by atoms with E-state index in [4.69, 9.17) is 10.5 Å². The first-order chi connectivity index (χ1) is 10.0. The molecule has 1 amide bonds. The number of esters is 1. The topological polar surface area (TPSA) is 81.4 Å². The maximum Gasteiger partial charge on any atom is 0.350 e. The number of nitrogens with two attached hydrogens (primary N) is 1. The summed E-state index contributed by atoms with van der Waals surface area (Å²) < 4.78 is 4.76. The Morgan fingerprint density at radius 1 is 1.38 bits per heavy atom. The standard InChI is InChI=1S/C15H20N2O3S/c1-7-6-21-13(15(19)20-2)12(7)17-14(18)10-8-3-4-9(5-8)11(10)16/h6,8-11H,3-5,16H2,1-2H3,(H,17,18). The molecule has 2 aliphatic carbocycles. The van der Waals surface area contributed by atoms with E-state index in [0.717, 1.165) is 24.8 Å². The molecule has 4 atom stereocenters.